The van der Waals surface area contributed by atoms with Crippen LogP contribution in [0.2, 0.25) is 0 Å². The fourth-order valence-electron chi connectivity index (χ4n) is 1.26. The van der Waals surface area contributed by atoms with Crippen molar-refractivity contribution in [1.29, 1.82) is 0 Å². The third-order valence-electron chi connectivity index (χ3n) is 1.97. The average Bonchev–Trinajstić information content (AvgIpc) is 2.60. The SMILES string of the molecule is CCSc1nnc2ccc(C(F)(F)F)cn12. The number of hydrogen-bond donors (Lipinski definition) is 0. The second kappa shape index (κ2) is 3.97. The molecule has 0 aliphatic rings. The van der Waals surface area contributed by atoms with E-state index in [1.165, 1.54) is 22.2 Å². The molecule has 0 unspecified atom stereocenters. The maximum atomic E-state index is 12.5. The third kappa shape index (κ3) is 1.99. The van der Waals surface area contributed by atoms with E-state index in [0.717, 1.165) is 18.0 Å². The summed E-state index contributed by atoms with van der Waals surface area (Å²) >= 11 is 1.35. The molecule has 3 nitrogen and oxygen atoms in total. The number of alkyl halides is 3. The quantitative estimate of drug-likeness (QED) is 0.764. The monoisotopic (exact) mass is 247 g/mol. The van der Waals surface area contributed by atoms with E-state index in [1.807, 2.05) is 6.92 Å². The molecule has 0 atom stereocenters. The second-order valence-electron chi connectivity index (χ2n) is 3.06. The summed E-state index contributed by atoms with van der Waals surface area (Å²) in [6.07, 6.45) is -3.32. The maximum Gasteiger partial charge on any atom is 0.417 e. The van der Waals surface area contributed by atoms with Crippen LogP contribution in [0.15, 0.2) is 23.5 Å². The van der Waals surface area contributed by atoms with Crippen molar-refractivity contribution in [3.05, 3.63) is 23.9 Å². The van der Waals surface area contributed by atoms with Crippen molar-refractivity contribution in [3.63, 3.8) is 0 Å². The summed E-state index contributed by atoms with van der Waals surface area (Å²) in [6.45, 7) is 1.90. The molecule has 0 radical (unpaired) electrons. The first kappa shape index (κ1) is 11.3. The Hall–Kier alpha value is -1.24. The molecule has 0 fully saturated rings. The average molecular weight is 247 g/mol. The standard InChI is InChI=1S/C9H8F3N3S/c1-2-16-8-14-13-7-4-3-6(5-15(7)8)9(10,11)12/h3-5H,2H2,1H3. The highest BCUT2D eigenvalue weighted by Gasteiger charge is 2.31. The molecule has 2 aromatic rings. The summed E-state index contributed by atoms with van der Waals surface area (Å²) in [5, 5.41) is 8.08. The predicted molar refractivity (Wildman–Crippen MR) is 54.4 cm³/mol. The maximum absolute atomic E-state index is 12.5. The molecule has 0 N–H and O–H groups in total. The largest absolute Gasteiger partial charge is 0.417 e. The Morgan fingerprint density at radius 1 is 1.31 bits per heavy atom. The molecule has 0 amide bonds. The minimum Gasteiger partial charge on any atom is -0.277 e. The van der Waals surface area contributed by atoms with Crippen LogP contribution < -0.4 is 0 Å². The van der Waals surface area contributed by atoms with Crippen LogP contribution in [-0.2, 0) is 6.18 Å². The number of fused-ring (bicyclic) bond motifs is 1. The van der Waals surface area contributed by atoms with Gasteiger partial charge < -0.3 is 0 Å². The summed E-state index contributed by atoms with van der Waals surface area (Å²) in [7, 11) is 0. The van der Waals surface area contributed by atoms with Gasteiger partial charge in [-0.15, -0.1) is 10.2 Å². The molecule has 86 valence electrons. The van der Waals surface area contributed by atoms with Crippen LogP contribution in [0.4, 0.5) is 13.2 Å². The third-order valence-corrected chi connectivity index (χ3v) is 2.80. The fraction of sp³-hybridized carbons (Fsp3) is 0.333. The summed E-state index contributed by atoms with van der Waals surface area (Å²) < 4.78 is 38.8. The lowest BCUT2D eigenvalue weighted by Gasteiger charge is -2.06. The lowest BCUT2D eigenvalue weighted by Crippen LogP contribution is -2.06. The number of aromatic nitrogens is 3. The van der Waals surface area contributed by atoms with Gasteiger partial charge in [0.1, 0.15) is 0 Å². The molecule has 16 heavy (non-hydrogen) atoms. The van der Waals surface area contributed by atoms with Gasteiger partial charge in [-0.25, -0.2) is 0 Å². The lowest BCUT2D eigenvalue weighted by atomic mass is 10.3. The van der Waals surface area contributed by atoms with Gasteiger partial charge in [-0.1, -0.05) is 18.7 Å². The number of halogens is 3. The number of thioether (sulfide) groups is 1. The minimum absolute atomic E-state index is 0.420. The number of rotatable bonds is 2. The fourth-order valence-corrected chi connectivity index (χ4v) is 1.91. The van der Waals surface area contributed by atoms with Crippen LogP contribution in [0, 0.1) is 0 Å². The highest BCUT2D eigenvalue weighted by molar-refractivity contribution is 7.99. The van der Waals surface area contributed by atoms with E-state index in [-0.39, 0.29) is 0 Å². The molecule has 0 saturated carbocycles. The molecule has 0 spiro atoms. The van der Waals surface area contributed by atoms with Crippen LogP contribution in [0.5, 0.6) is 0 Å². The number of pyridine rings is 1. The Kier molecular flexibility index (Phi) is 2.79. The van der Waals surface area contributed by atoms with Gasteiger partial charge in [0.15, 0.2) is 10.8 Å². The van der Waals surface area contributed by atoms with Gasteiger partial charge in [0.25, 0.3) is 0 Å². The number of hydrogen-bond acceptors (Lipinski definition) is 3. The Morgan fingerprint density at radius 3 is 2.69 bits per heavy atom. The van der Waals surface area contributed by atoms with Crippen molar-refractivity contribution >= 4 is 17.4 Å². The summed E-state index contributed by atoms with van der Waals surface area (Å²) in [5.41, 5.74) is -0.276. The van der Waals surface area contributed by atoms with E-state index in [1.54, 1.807) is 0 Å². The molecule has 0 aliphatic heterocycles. The Labute approximate surface area is 93.7 Å². The van der Waals surface area contributed by atoms with Gasteiger partial charge in [0, 0.05) is 6.20 Å². The van der Waals surface area contributed by atoms with Gasteiger partial charge in [0.05, 0.1) is 5.56 Å². The van der Waals surface area contributed by atoms with Gasteiger partial charge in [-0.3, -0.25) is 4.40 Å². The van der Waals surface area contributed by atoms with Crippen molar-refractivity contribution in [2.24, 2.45) is 0 Å². The Morgan fingerprint density at radius 2 is 2.06 bits per heavy atom. The van der Waals surface area contributed by atoms with Gasteiger partial charge in [-0.05, 0) is 17.9 Å². The van der Waals surface area contributed by atoms with Crippen molar-refractivity contribution in [3.8, 4) is 0 Å². The molecule has 0 aromatic carbocycles. The smallest absolute Gasteiger partial charge is 0.277 e. The number of nitrogens with zero attached hydrogens (tertiary/aromatic N) is 3. The first-order valence-corrected chi connectivity index (χ1v) is 5.55. The van der Waals surface area contributed by atoms with E-state index in [9.17, 15) is 13.2 Å². The molecule has 0 bridgehead atoms. The zero-order valence-corrected chi connectivity index (χ0v) is 9.14. The van der Waals surface area contributed by atoms with Crippen molar-refractivity contribution in [2.45, 2.75) is 18.3 Å². The molecule has 0 saturated heterocycles. The molecule has 2 heterocycles. The predicted octanol–water partition coefficient (Wildman–Crippen LogP) is 2.86. The molecule has 2 rings (SSSR count). The summed E-state index contributed by atoms with van der Waals surface area (Å²) in [6, 6.07) is 2.32. The van der Waals surface area contributed by atoms with E-state index in [0.29, 0.717) is 10.8 Å². The second-order valence-corrected chi connectivity index (χ2v) is 4.29. The zero-order valence-electron chi connectivity index (χ0n) is 8.32. The topological polar surface area (TPSA) is 30.2 Å². The van der Waals surface area contributed by atoms with Gasteiger partial charge >= 0.3 is 6.18 Å². The lowest BCUT2D eigenvalue weighted by molar-refractivity contribution is -0.137. The van der Waals surface area contributed by atoms with Crippen LogP contribution in [0.3, 0.4) is 0 Å². The minimum atomic E-state index is -4.34. The van der Waals surface area contributed by atoms with Crippen LogP contribution >= 0.6 is 11.8 Å². The molecule has 0 aliphatic carbocycles. The molecule has 2 aromatic heterocycles. The van der Waals surface area contributed by atoms with Gasteiger partial charge in [0.2, 0.25) is 0 Å². The summed E-state index contributed by atoms with van der Waals surface area (Å²) in [5.74, 6) is 0.733. The van der Waals surface area contributed by atoms with E-state index in [2.05, 4.69) is 10.2 Å². The highest BCUT2D eigenvalue weighted by atomic mass is 32.2. The van der Waals surface area contributed by atoms with E-state index in [4.69, 9.17) is 0 Å². The first-order chi connectivity index (χ1) is 7.52. The van der Waals surface area contributed by atoms with Crippen molar-refractivity contribution < 1.29 is 13.2 Å². The Balaban J connectivity index is 2.54. The van der Waals surface area contributed by atoms with E-state index >= 15 is 0 Å². The summed E-state index contributed by atoms with van der Waals surface area (Å²) in [4.78, 5) is 0. The van der Waals surface area contributed by atoms with Crippen LogP contribution in [-0.4, -0.2) is 20.4 Å². The first-order valence-electron chi connectivity index (χ1n) is 4.57. The Bertz CT molecular complexity index is 506. The highest BCUT2D eigenvalue weighted by Crippen LogP contribution is 2.30. The molecule has 7 heteroatoms. The van der Waals surface area contributed by atoms with E-state index < -0.39 is 11.7 Å². The van der Waals surface area contributed by atoms with Crippen molar-refractivity contribution in [2.75, 3.05) is 5.75 Å². The van der Waals surface area contributed by atoms with Gasteiger partial charge in [-0.2, -0.15) is 13.2 Å². The van der Waals surface area contributed by atoms with Crippen LogP contribution in [0.25, 0.3) is 5.65 Å². The molecular formula is C9H8F3N3S. The van der Waals surface area contributed by atoms with Crippen LogP contribution in [0.1, 0.15) is 12.5 Å². The normalized spacial score (nSPS) is 12.2. The zero-order chi connectivity index (χ0) is 11.8. The molecular weight excluding hydrogens is 239 g/mol. The van der Waals surface area contributed by atoms with Crippen molar-refractivity contribution in [1.82, 2.24) is 14.6 Å².